The second-order valence-corrected chi connectivity index (χ2v) is 8.98. The lowest BCUT2D eigenvalue weighted by atomic mass is 10.0. The van der Waals surface area contributed by atoms with Crippen molar-refractivity contribution < 1.29 is 24.6 Å². The fourth-order valence-corrected chi connectivity index (χ4v) is 4.21. The Morgan fingerprint density at radius 2 is 1.72 bits per heavy atom. The van der Waals surface area contributed by atoms with E-state index in [1.165, 1.54) is 12.1 Å². The Morgan fingerprint density at radius 1 is 0.974 bits per heavy atom. The van der Waals surface area contributed by atoms with Gasteiger partial charge in [-0.25, -0.2) is 4.79 Å². The summed E-state index contributed by atoms with van der Waals surface area (Å²) in [4.78, 5) is 47.7. The molecular weight excluding hydrogens is 502 g/mol. The molecule has 0 aliphatic heterocycles. The molecule has 12 heteroatoms. The number of anilines is 2. The Kier molecular flexibility index (Phi) is 8.24. The largest absolute Gasteiger partial charge is 0.507 e. The number of carboxylic acids is 1. The molecule has 0 saturated heterocycles. The lowest BCUT2D eigenvalue weighted by Crippen LogP contribution is -2.41. The quantitative estimate of drug-likeness (QED) is 0.141. The number of fused-ring (bicyclic) bond motifs is 1. The van der Waals surface area contributed by atoms with Gasteiger partial charge in [0.05, 0.1) is 10.9 Å². The van der Waals surface area contributed by atoms with Gasteiger partial charge in [-0.3, -0.25) is 9.59 Å². The van der Waals surface area contributed by atoms with Crippen LogP contribution in [0.25, 0.3) is 11.0 Å². The van der Waals surface area contributed by atoms with Gasteiger partial charge in [-0.15, -0.1) is 0 Å². The Morgan fingerprint density at radius 3 is 2.44 bits per heavy atom. The van der Waals surface area contributed by atoms with E-state index in [1.54, 1.807) is 24.3 Å². The Labute approximate surface area is 223 Å². The van der Waals surface area contributed by atoms with E-state index < -0.39 is 23.8 Å². The maximum atomic E-state index is 12.7. The molecule has 202 valence electrons. The minimum atomic E-state index is -1.17. The van der Waals surface area contributed by atoms with E-state index in [1.807, 2.05) is 18.3 Å². The number of H-pyrrole nitrogens is 1. The Balaban J connectivity index is 1.27. The summed E-state index contributed by atoms with van der Waals surface area (Å²) in [5.74, 6) is -1.87. The van der Waals surface area contributed by atoms with E-state index in [9.17, 15) is 24.6 Å². The molecule has 4 rings (SSSR count). The number of amides is 2. The Bertz CT molecular complexity index is 1500. The summed E-state index contributed by atoms with van der Waals surface area (Å²) >= 11 is 0. The van der Waals surface area contributed by atoms with E-state index in [0.29, 0.717) is 36.3 Å². The number of aliphatic carboxylic acids is 1. The topological polar surface area (TPSA) is 209 Å². The van der Waals surface area contributed by atoms with Gasteiger partial charge in [0.25, 0.3) is 11.8 Å². The number of para-hydroxylation sites is 1. The molecule has 0 unspecified atom stereocenters. The van der Waals surface area contributed by atoms with Crippen LogP contribution in [0.2, 0.25) is 0 Å². The van der Waals surface area contributed by atoms with Gasteiger partial charge in [0, 0.05) is 18.3 Å². The Hall–Kier alpha value is -5.13. The minimum Gasteiger partial charge on any atom is -0.507 e. The highest BCUT2D eigenvalue weighted by molar-refractivity contribution is 5.97. The van der Waals surface area contributed by atoms with Gasteiger partial charge < -0.3 is 37.3 Å². The molecule has 0 fully saturated rings. The number of hydrogen-bond acceptors (Lipinski definition) is 8. The molecule has 0 spiro atoms. The standard InChI is InChI=1S/C27H29N7O5/c28-22-21-17(14-31-23(21)34-27(29)33-22)12-9-15-7-10-16(11-8-15)24(36)32-19(26(38)39)5-3-13-30-25(37)18-4-1-2-6-20(18)35/h1-2,4,6-8,10-11,14,19,35H,3,5,9,12-13H2,(H,30,37)(H,32,36)(H,38,39)(H5,28,29,31,33,34)/t19-/m0/s1. The molecule has 0 saturated carbocycles. The summed E-state index contributed by atoms with van der Waals surface area (Å²) < 4.78 is 0. The summed E-state index contributed by atoms with van der Waals surface area (Å²) in [6.07, 6.45) is 3.57. The number of nitrogen functional groups attached to an aromatic ring is 2. The highest BCUT2D eigenvalue weighted by Gasteiger charge is 2.21. The number of aromatic hydroxyl groups is 1. The van der Waals surface area contributed by atoms with Gasteiger partial charge in [-0.1, -0.05) is 24.3 Å². The zero-order valence-electron chi connectivity index (χ0n) is 21.0. The molecule has 39 heavy (non-hydrogen) atoms. The molecule has 2 heterocycles. The zero-order chi connectivity index (χ0) is 27.9. The van der Waals surface area contributed by atoms with Gasteiger partial charge >= 0.3 is 5.97 Å². The number of nitrogens with one attached hydrogen (secondary N) is 3. The van der Waals surface area contributed by atoms with Crippen LogP contribution in [-0.4, -0.2) is 55.5 Å². The number of rotatable bonds is 11. The smallest absolute Gasteiger partial charge is 0.326 e. The van der Waals surface area contributed by atoms with E-state index in [4.69, 9.17) is 11.5 Å². The number of carboxylic acid groups (broad SMARTS) is 1. The average molecular weight is 532 g/mol. The number of nitrogens with zero attached hydrogens (tertiary/aromatic N) is 2. The molecule has 0 bridgehead atoms. The third-order valence-electron chi connectivity index (χ3n) is 6.26. The summed E-state index contributed by atoms with van der Waals surface area (Å²) in [5.41, 5.74) is 14.6. The van der Waals surface area contributed by atoms with Crippen molar-refractivity contribution in [3.05, 3.63) is 77.0 Å². The first-order chi connectivity index (χ1) is 18.7. The summed E-state index contributed by atoms with van der Waals surface area (Å²) in [6, 6.07) is 11.9. The first-order valence-corrected chi connectivity index (χ1v) is 12.3. The number of phenols is 1. The van der Waals surface area contributed by atoms with Crippen LogP contribution in [0.15, 0.2) is 54.7 Å². The number of benzene rings is 2. The molecule has 0 aliphatic carbocycles. The number of carbonyl (C=O) groups excluding carboxylic acids is 2. The number of phenolic OH excluding ortho intramolecular Hbond substituents is 1. The first kappa shape index (κ1) is 26.9. The molecule has 1 atom stereocenters. The van der Waals surface area contributed by atoms with Crippen LogP contribution in [0.3, 0.4) is 0 Å². The van der Waals surface area contributed by atoms with Crippen molar-refractivity contribution in [3.8, 4) is 5.75 Å². The maximum Gasteiger partial charge on any atom is 0.326 e. The van der Waals surface area contributed by atoms with Crippen LogP contribution >= 0.6 is 0 Å². The number of aromatic nitrogens is 3. The summed E-state index contributed by atoms with van der Waals surface area (Å²) in [6.45, 7) is 0.184. The molecule has 0 radical (unpaired) electrons. The fourth-order valence-electron chi connectivity index (χ4n) is 4.21. The molecule has 2 aromatic carbocycles. The predicted molar refractivity (Wildman–Crippen MR) is 145 cm³/mol. The number of hydrogen-bond donors (Lipinski definition) is 7. The van der Waals surface area contributed by atoms with Gasteiger partial charge in [0.15, 0.2) is 0 Å². The molecule has 0 aliphatic rings. The molecule has 12 nitrogen and oxygen atoms in total. The van der Waals surface area contributed by atoms with Crippen LogP contribution < -0.4 is 22.1 Å². The van der Waals surface area contributed by atoms with Crippen LogP contribution in [0.1, 0.15) is 44.7 Å². The van der Waals surface area contributed by atoms with Gasteiger partial charge in [-0.05, 0) is 61.1 Å². The lowest BCUT2D eigenvalue weighted by molar-refractivity contribution is -0.139. The number of aromatic amines is 1. The van der Waals surface area contributed by atoms with E-state index in [0.717, 1.165) is 16.5 Å². The van der Waals surface area contributed by atoms with Crippen LogP contribution in [0, 0.1) is 0 Å². The first-order valence-electron chi connectivity index (χ1n) is 12.3. The third kappa shape index (κ3) is 6.60. The van der Waals surface area contributed by atoms with Crippen LogP contribution in [0.4, 0.5) is 11.8 Å². The summed E-state index contributed by atoms with van der Waals surface area (Å²) in [5, 5.41) is 25.2. The number of aryl methyl sites for hydroxylation is 2. The second kappa shape index (κ2) is 11.9. The van der Waals surface area contributed by atoms with Gasteiger partial charge in [-0.2, -0.15) is 9.97 Å². The second-order valence-electron chi connectivity index (χ2n) is 8.98. The van der Waals surface area contributed by atoms with Crippen molar-refractivity contribution in [2.45, 2.75) is 31.7 Å². The van der Waals surface area contributed by atoms with E-state index >= 15 is 0 Å². The number of carbonyl (C=O) groups is 3. The zero-order valence-corrected chi connectivity index (χ0v) is 21.0. The normalized spacial score (nSPS) is 11.7. The highest BCUT2D eigenvalue weighted by atomic mass is 16.4. The predicted octanol–water partition coefficient (Wildman–Crippen LogP) is 2.01. The molecule has 4 aromatic rings. The molecule has 2 amide bonds. The van der Waals surface area contributed by atoms with Crippen molar-refractivity contribution in [1.29, 1.82) is 0 Å². The van der Waals surface area contributed by atoms with Gasteiger partial charge in [0.2, 0.25) is 5.95 Å². The molecule has 2 aromatic heterocycles. The van der Waals surface area contributed by atoms with Crippen molar-refractivity contribution in [3.63, 3.8) is 0 Å². The average Bonchev–Trinajstić information content (AvgIpc) is 3.32. The van der Waals surface area contributed by atoms with Crippen molar-refractivity contribution in [2.24, 2.45) is 0 Å². The monoisotopic (exact) mass is 531 g/mol. The summed E-state index contributed by atoms with van der Waals surface area (Å²) in [7, 11) is 0. The molecular formula is C27H29N7O5. The minimum absolute atomic E-state index is 0.100. The lowest BCUT2D eigenvalue weighted by Gasteiger charge is -2.15. The van der Waals surface area contributed by atoms with Crippen molar-refractivity contribution in [2.75, 3.05) is 18.0 Å². The SMILES string of the molecule is Nc1nc(N)c2c(CCc3ccc(C(=O)N[C@@H](CCCNC(=O)c4ccccc4O)C(=O)O)cc3)c[nH]c2n1. The maximum absolute atomic E-state index is 12.7. The number of nitrogens with two attached hydrogens (primary N) is 2. The van der Waals surface area contributed by atoms with Gasteiger partial charge in [0.1, 0.15) is 23.3 Å². The van der Waals surface area contributed by atoms with Crippen LogP contribution in [-0.2, 0) is 17.6 Å². The van der Waals surface area contributed by atoms with Crippen LogP contribution in [0.5, 0.6) is 5.75 Å². The van der Waals surface area contributed by atoms with E-state index in [2.05, 4.69) is 25.6 Å². The fraction of sp³-hybridized carbons (Fsp3) is 0.222. The van der Waals surface area contributed by atoms with E-state index in [-0.39, 0.29) is 30.2 Å². The van der Waals surface area contributed by atoms with Crippen molar-refractivity contribution in [1.82, 2.24) is 25.6 Å². The van der Waals surface area contributed by atoms with Crippen molar-refractivity contribution >= 4 is 40.6 Å². The third-order valence-corrected chi connectivity index (χ3v) is 6.26. The molecule has 9 N–H and O–H groups in total. The highest BCUT2D eigenvalue weighted by Crippen LogP contribution is 2.24.